The lowest BCUT2D eigenvalue weighted by atomic mass is 10.1. The second-order valence-electron chi connectivity index (χ2n) is 5.86. The summed E-state index contributed by atoms with van der Waals surface area (Å²) in [5.41, 5.74) is 1.65. The molecule has 0 aliphatic carbocycles. The number of sulfone groups is 1. The Balaban J connectivity index is 2.13. The maximum absolute atomic E-state index is 12.5. The van der Waals surface area contributed by atoms with E-state index in [0.29, 0.717) is 5.56 Å². The third-order valence-electron chi connectivity index (χ3n) is 4.17. The molecule has 0 bridgehead atoms. The maximum atomic E-state index is 12.5. The summed E-state index contributed by atoms with van der Waals surface area (Å²) >= 11 is 0. The Labute approximate surface area is 143 Å². The van der Waals surface area contributed by atoms with Crippen LogP contribution in [0.4, 0.5) is 0 Å². The molecule has 2 aromatic rings. The van der Waals surface area contributed by atoms with Crippen LogP contribution in [0.1, 0.15) is 31.0 Å². The monoisotopic (exact) mass is 349 g/mol. The van der Waals surface area contributed by atoms with Crippen molar-refractivity contribution in [2.24, 2.45) is 7.05 Å². The van der Waals surface area contributed by atoms with E-state index in [-0.39, 0.29) is 29.0 Å². The van der Waals surface area contributed by atoms with Crippen LogP contribution in [0.15, 0.2) is 41.6 Å². The minimum atomic E-state index is -3.27. The molecule has 0 unspecified atom stereocenters. The first-order valence-corrected chi connectivity index (χ1v) is 9.45. The molecule has 24 heavy (non-hydrogen) atoms. The number of aromatic nitrogens is 2. The van der Waals surface area contributed by atoms with Gasteiger partial charge in [-0.25, -0.2) is 8.42 Å². The second-order valence-corrected chi connectivity index (χ2v) is 8.13. The Morgan fingerprint density at radius 1 is 1.38 bits per heavy atom. The quantitative estimate of drug-likeness (QED) is 0.799. The van der Waals surface area contributed by atoms with E-state index in [2.05, 4.69) is 5.10 Å². The van der Waals surface area contributed by atoms with Crippen LogP contribution < -0.4 is 0 Å². The van der Waals surface area contributed by atoms with Crippen LogP contribution in [0.3, 0.4) is 0 Å². The van der Waals surface area contributed by atoms with Crippen LogP contribution in [-0.4, -0.2) is 41.8 Å². The van der Waals surface area contributed by atoms with Gasteiger partial charge >= 0.3 is 0 Å². The molecule has 1 atom stereocenters. The van der Waals surface area contributed by atoms with Crippen LogP contribution in [0.5, 0.6) is 0 Å². The molecule has 0 spiro atoms. The zero-order valence-electron chi connectivity index (χ0n) is 14.4. The molecular formula is C17H23N3O3S. The Hall–Kier alpha value is -2.15. The summed E-state index contributed by atoms with van der Waals surface area (Å²) in [6.07, 6.45) is 3.78. The molecule has 1 heterocycles. The van der Waals surface area contributed by atoms with E-state index in [1.54, 1.807) is 54.0 Å². The van der Waals surface area contributed by atoms with Crippen molar-refractivity contribution >= 4 is 15.7 Å². The molecule has 1 aromatic heterocycles. The highest BCUT2D eigenvalue weighted by atomic mass is 32.2. The summed E-state index contributed by atoms with van der Waals surface area (Å²) in [7, 11) is 0.305. The molecule has 2 rings (SSSR count). The SMILES string of the molecule is CCS(=O)(=O)c1cccc(CC(=O)N(C)[C@@H](C)c2cnn(C)c2)c1. The molecule has 130 valence electrons. The van der Waals surface area contributed by atoms with Crippen LogP contribution in [0, 0.1) is 0 Å². The lowest BCUT2D eigenvalue weighted by molar-refractivity contribution is -0.131. The summed E-state index contributed by atoms with van der Waals surface area (Å²) < 4.78 is 25.6. The van der Waals surface area contributed by atoms with Gasteiger partial charge in [0.1, 0.15) is 0 Å². The van der Waals surface area contributed by atoms with Gasteiger partial charge in [0.15, 0.2) is 9.84 Å². The average Bonchev–Trinajstić information content (AvgIpc) is 3.00. The summed E-state index contributed by atoms with van der Waals surface area (Å²) in [5.74, 6) is -0.0279. The van der Waals surface area contributed by atoms with Gasteiger partial charge in [-0.05, 0) is 24.6 Å². The van der Waals surface area contributed by atoms with Gasteiger partial charge in [-0.1, -0.05) is 19.1 Å². The molecule has 0 fully saturated rings. The van der Waals surface area contributed by atoms with E-state index < -0.39 is 9.84 Å². The minimum absolute atomic E-state index is 0.0440. The van der Waals surface area contributed by atoms with E-state index >= 15 is 0 Å². The summed E-state index contributed by atoms with van der Waals surface area (Å²) in [6.45, 7) is 3.55. The van der Waals surface area contributed by atoms with Crippen molar-refractivity contribution < 1.29 is 13.2 Å². The van der Waals surface area contributed by atoms with Gasteiger partial charge in [0.2, 0.25) is 5.91 Å². The molecule has 0 aliphatic heterocycles. The standard InChI is InChI=1S/C17H23N3O3S/c1-5-24(22,23)16-8-6-7-14(9-16)10-17(21)20(4)13(2)15-11-18-19(3)12-15/h6-9,11-13H,5,10H2,1-4H3/t13-/m0/s1. The topological polar surface area (TPSA) is 72.3 Å². The van der Waals surface area contributed by atoms with Gasteiger partial charge in [-0.15, -0.1) is 0 Å². The summed E-state index contributed by atoms with van der Waals surface area (Å²) in [6, 6.07) is 6.49. The van der Waals surface area contributed by atoms with Crippen LogP contribution in [0.2, 0.25) is 0 Å². The maximum Gasteiger partial charge on any atom is 0.227 e. The predicted molar refractivity (Wildman–Crippen MR) is 92.3 cm³/mol. The second kappa shape index (κ2) is 7.17. The Morgan fingerprint density at radius 2 is 2.08 bits per heavy atom. The smallest absolute Gasteiger partial charge is 0.227 e. The highest BCUT2D eigenvalue weighted by molar-refractivity contribution is 7.91. The number of likely N-dealkylation sites (N-methyl/N-ethyl adjacent to an activating group) is 1. The highest BCUT2D eigenvalue weighted by Gasteiger charge is 2.19. The predicted octanol–water partition coefficient (Wildman–Crippen LogP) is 1.98. The molecule has 0 radical (unpaired) electrons. The molecule has 7 heteroatoms. The summed E-state index contributed by atoms with van der Waals surface area (Å²) in [5, 5.41) is 4.12. The fraction of sp³-hybridized carbons (Fsp3) is 0.412. The van der Waals surface area contributed by atoms with Crippen molar-refractivity contribution in [3.8, 4) is 0 Å². The van der Waals surface area contributed by atoms with Gasteiger partial charge in [-0.3, -0.25) is 9.48 Å². The number of carbonyl (C=O) groups is 1. The van der Waals surface area contributed by atoms with E-state index in [0.717, 1.165) is 5.56 Å². The van der Waals surface area contributed by atoms with Crippen LogP contribution in [0.25, 0.3) is 0 Å². The third-order valence-corrected chi connectivity index (χ3v) is 5.91. The van der Waals surface area contributed by atoms with Crippen molar-refractivity contribution in [2.45, 2.75) is 31.2 Å². The molecular weight excluding hydrogens is 326 g/mol. The van der Waals surface area contributed by atoms with E-state index in [4.69, 9.17) is 0 Å². The van der Waals surface area contributed by atoms with Gasteiger partial charge < -0.3 is 4.90 Å². The lowest BCUT2D eigenvalue weighted by Crippen LogP contribution is -2.30. The van der Waals surface area contributed by atoms with Crippen molar-refractivity contribution in [1.82, 2.24) is 14.7 Å². The van der Waals surface area contributed by atoms with Crippen molar-refractivity contribution in [2.75, 3.05) is 12.8 Å². The summed E-state index contributed by atoms with van der Waals surface area (Å²) in [4.78, 5) is 14.4. The molecule has 0 saturated carbocycles. The zero-order valence-corrected chi connectivity index (χ0v) is 15.2. The van der Waals surface area contributed by atoms with Crippen LogP contribution >= 0.6 is 0 Å². The number of rotatable bonds is 6. The highest BCUT2D eigenvalue weighted by Crippen LogP contribution is 2.20. The largest absolute Gasteiger partial charge is 0.339 e. The van der Waals surface area contributed by atoms with Crippen molar-refractivity contribution in [1.29, 1.82) is 0 Å². The fourth-order valence-corrected chi connectivity index (χ4v) is 3.36. The number of benzene rings is 1. The molecule has 0 aliphatic rings. The minimum Gasteiger partial charge on any atom is -0.339 e. The lowest BCUT2D eigenvalue weighted by Gasteiger charge is -2.24. The first kappa shape index (κ1) is 18.2. The first-order chi connectivity index (χ1) is 11.2. The van der Waals surface area contributed by atoms with Gasteiger partial charge in [0, 0.05) is 25.9 Å². The molecule has 1 amide bonds. The number of amides is 1. The van der Waals surface area contributed by atoms with E-state index in [9.17, 15) is 13.2 Å². The molecule has 0 saturated heterocycles. The van der Waals surface area contributed by atoms with E-state index in [1.165, 1.54) is 0 Å². The zero-order chi connectivity index (χ0) is 17.9. The average molecular weight is 349 g/mol. The van der Waals surface area contributed by atoms with Crippen molar-refractivity contribution in [3.63, 3.8) is 0 Å². The fourth-order valence-electron chi connectivity index (χ4n) is 2.41. The Bertz CT molecular complexity index is 827. The first-order valence-electron chi connectivity index (χ1n) is 7.80. The number of aryl methyl sites for hydroxylation is 1. The number of carbonyl (C=O) groups excluding carboxylic acids is 1. The van der Waals surface area contributed by atoms with Gasteiger partial charge in [0.05, 0.1) is 29.3 Å². The normalized spacial score (nSPS) is 12.8. The Kier molecular flexibility index (Phi) is 5.43. The number of nitrogens with zero attached hydrogens (tertiary/aromatic N) is 3. The number of hydrogen-bond donors (Lipinski definition) is 0. The number of hydrogen-bond acceptors (Lipinski definition) is 4. The van der Waals surface area contributed by atoms with Crippen LogP contribution in [-0.2, 0) is 28.1 Å². The van der Waals surface area contributed by atoms with Gasteiger partial charge in [0.25, 0.3) is 0 Å². The molecule has 6 nitrogen and oxygen atoms in total. The third kappa shape index (κ3) is 4.03. The molecule has 1 aromatic carbocycles. The molecule has 0 N–H and O–H groups in total. The van der Waals surface area contributed by atoms with Crippen molar-refractivity contribution in [3.05, 3.63) is 47.8 Å². The van der Waals surface area contributed by atoms with Gasteiger partial charge in [-0.2, -0.15) is 5.10 Å². The van der Waals surface area contributed by atoms with E-state index in [1.807, 2.05) is 20.2 Å². The Morgan fingerprint density at radius 3 is 2.67 bits per heavy atom.